The minimum atomic E-state index is -0.00384. The van der Waals surface area contributed by atoms with Gasteiger partial charge in [-0.15, -0.1) is 17.5 Å². The number of nitrogens with zero attached hydrogens (tertiary/aromatic N) is 3. The average Bonchev–Trinajstić information content (AvgIpc) is 3.32. The monoisotopic (exact) mass is 385 g/mol. The summed E-state index contributed by atoms with van der Waals surface area (Å²) in [5.41, 5.74) is 4.00. The Hall–Kier alpha value is -3.06. The molecule has 1 atom stereocenters. The van der Waals surface area contributed by atoms with Gasteiger partial charge in [-0.3, -0.25) is 5.10 Å². The first-order valence-electron chi connectivity index (χ1n) is 8.33. The lowest BCUT2D eigenvalue weighted by Crippen LogP contribution is -2.06. The topological polar surface area (TPSA) is 88.9 Å². The van der Waals surface area contributed by atoms with Crippen molar-refractivity contribution in [2.45, 2.75) is 19.9 Å². The van der Waals surface area contributed by atoms with Gasteiger partial charge < -0.3 is 14.5 Å². The molecule has 0 bridgehead atoms. The van der Waals surface area contributed by atoms with Gasteiger partial charge in [0.1, 0.15) is 5.75 Å². The molecule has 0 aliphatic carbocycles. The van der Waals surface area contributed by atoms with Crippen molar-refractivity contribution in [2.75, 3.05) is 12.4 Å². The third kappa shape index (κ3) is 3.59. The van der Waals surface area contributed by atoms with E-state index < -0.39 is 0 Å². The highest BCUT2D eigenvalue weighted by molar-refractivity contribution is 5.87. The van der Waals surface area contributed by atoms with Crippen LogP contribution in [0, 0.1) is 6.92 Å². The molecule has 4 rings (SSSR count). The molecule has 0 aliphatic rings. The Balaban J connectivity index is 0.00000210. The molecule has 4 aromatic rings. The first-order valence-corrected chi connectivity index (χ1v) is 8.33. The van der Waals surface area contributed by atoms with Gasteiger partial charge in [-0.25, -0.2) is 0 Å². The molecule has 2 aromatic heterocycles. The zero-order valence-electron chi connectivity index (χ0n) is 15.2. The molecule has 7 nitrogen and oxygen atoms in total. The van der Waals surface area contributed by atoms with Gasteiger partial charge in [0.2, 0.25) is 5.89 Å². The van der Waals surface area contributed by atoms with E-state index >= 15 is 0 Å². The number of H-pyrrole nitrogens is 1. The number of fused-ring (bicyclic) bond motifs is 1. The minimum absolute atomic E-state index is 0. The van der Waals surface area contributed by atoms with Crippen LogP contribution in [0.25, 0.3) is 22.4 Å². The maximum absolute atomic E-state index is 5.83. The van der Waals surface area contributed by atoms with E-state index in [1.165, 1.54) is 0 Å². The van der Waals surface area contributed by atoms with Crippen LogP contribution < -0.4 is 10.1 Å². The van der Waals surface area contributed by atoms with Crippen LogP contribution in [-0.2, 0) is 0 Å². The van der Waals surface area contributed by atoms with Gasteiger partial charge in [-0.2, -0.15) is 5.10 Å². The number of aromatic amines is 1. The Morgan fingerprint density at radius 2 is 2.04 bits per heavy atom. The van der Waals surface area contributed by atoms with Gasteiger partial charge in [0.25, 0.3) is 0 Å². The second-order valence-corrected chi connectivity index (χ2v) is 6.12. The maximum atomic E-state index is 5.83. The number of methoxy groups -OCH3 is 1. The lowest BCUT2D eigenvalue weighted by molar-refractivity contribution is 0.414. The summed E-state index contributed by atoms with van der Waals surface area (Å²) in [6.07, 6.45) is 1.80. The molecule has 2 N–H and O–H groups in total. The maximum Gasteiger partial charge on any atom is 0.316 e. The Kier molecular flexibility index (Phi) is 5.32. The Labute approximate surface area is 162 Å². The van der Waals surface area contributed by atoms with Gasteiger partial charge in [-0.05, 0) is 49.2 Å². The number of anilines is 1. The molecule has 27 heavy (non-hydrogen) atoms. The predicted molar refractivity (Wildman–Crippen MR) is 106 cm³/mol. The molecular formula is C19H20ClN5O2. The van der Waals surface area contributed by atoms with Crippen molar-refractivity contribution in [2.24, 2.45) is 0 Å². The van der Waals surface area contributed by atoms with Crippen molar-refractivity contribution >= 4 is 29.3 Å². The number of aryl methyl sites for hydroxylation is 1. The summed E-state index contributed by atoms with van der Waals surface area (Å²) < 4.78 is 11.1. The van der Waals surface area contributed by atoms with Crippen LogP contribution >= 0.6 is 12.4 Å². The fourth-order valence-corrected chi connectivity index (χ4v) is 2.96. The molecule has 0 radical (unpaired) electrons. The second kappa shape index (κ2) is 7.67. The van der Waals surface area contributed by atoms with E-state index in [1.807, 2.05) is 50.2 Å². The largest absolute Gasteiger partial charge is 0.497 e. The fraction of sp³-hybridized carbons (Fsp3) is 0.211. The first-order chi connectivity index (χ1) is 12.7. The molecule has 2 heterocycles. The van der Waals surface area contributed by atoms with Crippen LogP contribution in [-0.4, -0.2) is 27.5 Å². The van der Waals surface area contributed by atoms with Crippen LogP contribution in [0.1, 0.15) is 24.1 Å². The first kappa shape index (κ1) is 18.7. The van der Waals surface area contributed by atoms with E-state index in [2.05, 4.69) is 25.7 Å². The van der Waals surface area contributed by atoms with Gasteiger partial charge >= 0.3 is 6.01 Å². The normalized spacial score (nSPS) is 11.8. The highest BCUT2D eigenvalue weighted by Gasteiger charge is 2.15. The van der Waals surface area contributed by atoms with Gasteiger partial charge in [0.05, 0.1) is 24.9 Å². The SMILES string of the molecule is COc1cccc([C@@H](C)Nc2nnc(-c3ccc4[nH]ncc4c3C)o2)c1.Cl. The Morgan fingerprint density at radius 3 is 2.85 bits per heavy atom. The van der Waals surface area contributed by atoms with Crippen molar-refractivity contribution < 1.29 is 9.15 Å². The molecule has 0 aliphatic heterocycles. The molecule has 0 fully saturated rings. The molecular weight excluding hydrogens is 366 g/mol. The highest BCUT2D eigenvalue weighted by atomic mass is 35.5. The third-order valence-corrected chi connectivity index (χ3v) is 4.48. The van der Waals surface area contributed by atoms with Crippen molar-refractivity contribution in [1.29, 1.82) is 0 Å². The smallest absolute Gasteiger partial charge is 0.316 e. The van der Waals surface area contributed by atoms with Crippen LogP contribution in [0.5, 0.6) is 5.75 Å². The van der Waals surface area contributed by atoms with Crippen molar-refractivity contribution in [3.05, 3.63) is 53.7 Å². The number of ether oxygens (including phenoxy) is 1. The number of halogens is 1. The number of hydrogen-bond acceptors (Lipinski definition) is 6. The molecule has 0 amide bonds. The summed E-state index contributed by atoms with van der Waals surface area (Å²) in [5, 5.41) is 19.6. The summed E-state index contributed by atoms with van der Waals surface area (Å²) in [6, 6.07) is 12.2. The lowest BCUT2D eigenvalue weighted by atomic mass is 10.1. The summed E-state index contributed by atoms with van der Waals surface area (Å²) in [5.74, 6) is 1.29. The van der Waals surface area contributed by atoms with Gasteiger partial charge in [0.15, 0.2) is 0 Å². The fourth-order valence-electron chi connectivity index (χ4n) is 2.96. The minimum Gasteiger partial charge on any atom is -0.497 e. The molecule has 140 valence electrons. The number of hydrogen-bond donors (Lipinski definition) is 2. The van der Waals surface area contributed by atoms with E-state index in [4.69, 9.17) is 9.15 Å². The summed E-state index contributed by atoms with van der Waals surface area (Å²) >= 11 is 0. The van der Waals surface area contributed by atoms with Crippen LogP contribution in [0.4, 0.5) is 6.01 Å². The number of benzene rings is 2. The van der Waals surface area contributed by atoms with Crippen LogP contribution in [0.2, 0.25) is 0 Å². The molecule has 2 aromatic carbocycles. The molecule has 0 spiro atoms. The predicted octanol–water partition coefficient (Wildman–Crippen LogP) is 4.52. The number of nitrogens with one attached hydrogen (secondary N) is 2. The quantitative estimate of drug-likeness (QED) is 0.524. The van der Waals surface area contributed by atoms with E-state index in [9.17, 15) is 0 Å². The van der Waals surface area contributed by atoms with Crippen LogP contribution in [0.3, 0.4) is 0 Å². The van der Waals surface area contributed by atoms with E-state index in [0.29, 0.717) is 11.9 Å². The summed E-state index contributed by atoms with van der Waals surface area (Å²) in [6.45, 7) is 4.05. The molecule has 8 heteroatoms. The van der Waals surface area contributed by atoms with Crippen molar-refractivity contribution in [1.82, 2.24) is 20.4 Å². The standard InChI is InChI=1S/C19H19N5O2.ClH/c1-11-15(7-8-17-16(11)10-20-22-17)18-23-24-19(26-18)21-12(2)13-5-4-6-14(9-13)25-3;/h4-10,12H,1-3H3,(H,20,22)(H,21,24);1H/t12-;/m1./s1. The summed E-state index contributed by atoms with van der Waals surface area (Å²) in [7, 11) is 1.65. The van der Waals surface area contributed by atoms with E-state index in [-0.39, 0.29) is 18.4 Å². The zero-order chi connectivity index (χ0) is 18.1. The second-order valence-electron chi connectivity index (χ2n) is 6.12. The Morgan fingerprint density at radius 1 is 1.19 bits per heavy atom. The average molecular weight is 386 g/mol. The van der Waals surface area contributed by atoms with Gasteiger partial charge in [-0.1, -0.05) is 17.2 Å². The van der Waals surface area contributed by atoms with Crippen molar-refractivity contribution in [3.63, 3.8) is 0 Å². The molecule has 0 saturated carbocycles. The highest BCUT2D eigenvalue weighted by Crippen LogP contribution is 2.29. The number of aromatic nitrogens is 4. The van der Waals surface area contributed by atoms with E-state index in [0.717, 1.165) is 33.3 Å². The number of rotatable bonds is 5. The van der Waals surface area contributed by atoms with E-state index in [1.54, 1.807) is 13.3 Å². The van der Waals surface area contributed by atoms with Crippen LogP contribution in [0.15, 0.2) is 47.0 Å². The summed E-state index contributed by atoms with van der Waals surface area (Å²) in [4.78, 5) is 0. The third-order valence-electron chi connectivity index (χ3n) is 4.48. The van der Waals surface area contributed by atoms with Crippen molar-refractivity contribution in [3.8, 4) is 17.2 Å². The Bertz CT molecular complexity index is 1060. The lowest BCUT2D eigenvalue weighted by Gasteiger charge is -2.13. The molecule has 0 unspecified atom stereocenters. The zero-order valence-corrected chi connectivity index (χ0v) is 16.0. The molecule has 0 saturated heterocycles. The van der Waals surface area contributed by atoms with Gasteiger partial charge in [0, 0.05) is 10.9 Å².